The average Bonchev–Trinajstić information content (AvgIpc) is 2.42. The van der Waals surface area contributed by atoms with Crippen LogP contribution in [0.4, 0.5) is 10.1 Å². The van der Waals surface area contributed by atoms with Crippen molar-refractivity contribution in [2.45, 2.75) is 0 Å². The molecule has 0 aliphatic rings. The molecule has 0 heterocycles. The lowest BCUT2D eigenvalue weighted by Gasteiger charge is -2.09. The zero-order valence-electron chi connectivity index (χ0n) is 10.2. The second-order valence-corrected chi connectivity index (χ2v) is 4.75. The molecule has 2 aromatic carbocycles. The molecule has 0 bridgehead atoms. The number of halogens is 2. The predicted molar refractivity (Wildman–Crippen MR) is 74.2 cm³/mol. The number of nitro groups is 1. The molecule has 0 aromatic heterocycles. The van der Waals surface area contributed by atoms with Gasteiger partial charge in [0.25, 0.3) is 0 Å². The number of carboxylic acid groups (broad SMARTS) is 1. The normalized spacial score (nSPS) is 10.2. The number of nitro benzene ring substituents is 1. The van der Waals surface area contributed by atoms with Gasteiger partial charge >= 0.3 is 11.7 Å². The van der Waals surface area contributed by atoms with Crippen LogP contribution in [0.5, 0.6) is 11.5 Å². The Balaban J connectivity index is 2.54. The summed E-state index contributed by atoms with van der Waals surface area (Å²) in [4.78, 5) is 21.2. The summed E-state index contributed by atoms with van der Waals surface area (Å²) in [5.41, 5.74) is -1.20. The monoisotopic (exact) mass is 355 g/mol. The molecule has 1 N–H and O–H groups in total. The first-order chi connectivity index (χ1) is 9.90. The number of carboxylic acids is 1. The van der Waals surface area contributed by atoms with E-state index in [1.165, 1.54) is 24.3 Å². The van der Waals surface area contributed by atoms with Gasteiger partial charge in [-0.15, -0.1) is 0 Å². The molecule has 2 rings (SSSR count). The first kappa shape index (κ1) is 14.9. The number of hydrogen-bond donors (Lipinski definition) is 1. The number of carbonyl (C=O) groups is 1. The van der Waals surface area contributed by atoms with Gasteiger partial charge in [-0.05, 0) is 40.2 Å². The SMILES string of the molecule is O=C(O)c1cccc(Oc2cc(F)ccc2Br)c1[N+](=O)[O-]. The van der Waals surface area contributed by atoms with Crippen LogP contribution < -0.4 is 4.74 Å². The van der Waals surface area contributed by atoms with Crippen molar-refractivity contribution in [2.24, 2.45) is 0 Å². The van der Waals surface area contributed by atoms with Gasteiger partial charge in [-0.1, -0.05) is 6.07 Å². The van der Waals surface area contributed by atoms with Crippen molar-refractivity contribution in [1.82, 2.24) is 0 Å². The minimum absolute atomic E-state index is 0.000591. The van der Waals surface area contributed by atoms with E-state index >= 15 is 0 Å². The smallest absolute Gasteiger partial charge is 0.342 e. The fourth-order valence-electron chi connectivity index (χ4n) is 1.64. The van der Waals surface area contributed by atoms with Crippen LogP contribution >= 0.6 is 15.9 Å². The highest BCUT2D eigenvalue weighted by molar-refractivity contribution is 9.10. The zero-order chi connectivity index (χ0) is 15.6. The van der Waals surface area contributed by atoms with E-state index in [1.807, 2.05) is 0 Å². The number of aromatic carboxylic acids is 1. The topological polar surface area (TPSA) is 89.7 Å². The highest BCUT2D eigenvalue weighted by atomic mass is 79.9. The lowest BCUT2D eigenvalue weighted by molar-refractivity contribution is -0.386. The van der Waals surface area contributed by atoms with Gasteiger partial charge in [0, 0.05) is 6.07 Å². The maximum Gasteiger partial charge on any atom is 0.342 e. The second-order valence-electron chi connectivity index (χ2n) is 3.89. The summed E-state index contributed by atoms with van der Waals surface area (Å²) in [6, 6.07) is 7.21. The maximum atomic E-state index is 13.2. The number of para-hydroxylation sites is 1. The molecule has 0 spiro atoms. The number of rotatable bonds is 4. The van der Waals surface area contributed by atoms with Crippen LogP contribution in [0, 0.1) is 15.9 Å². The molecule has 0 saturated heterocycles. The molecule has 0 atom stereocenters. The molecule has 0 saturated carbocycles. The van der Waals surface area contributed by atoms with E-state index in [9.17, 15) is 19.3 Å². The van der Waals surface area contributed by atoms with E-state index in [1.54, 1.807) is 0 Å². The molecular weight excluding hydrogens is 349 g/mol. The third-order valence-electron chi connectivity index (χ3n) is 2.53. The van der Waals surface area contributed by atoms with Crippen molar-refractivity contribution < 1.29 is 24.0 Å². The van der Waals surface area contributed by atoms with Crippen molar-refractivity contribution in [1.29, 1.82) is 0 Å². The molecule has 0 fully saturated rings. The molecule has 0 amide bonds. The highest BCUT2D eigenvalue weighted by Gasteiger charge is 2.26. The molecule has 0 aliphatic carbocycles. The highest BCUT2D eigenvalue weighted by Crippen LogP contribution is 2.37. The van der Waals surface area contributed by atoms with Crippen LogP contribution in [0.1, 0.15) is 10.4 Å². The summed E-state index contributed by atoms with van der Waals surface area (Å²) in [5.74, 6) is -2.33. The second kappa shape index (κ2) is 5.88. The minimum atomic E-state index is -1.45. The molecular formula is C13H7BrFNO5. The van der Waals surface area contributed by atoms with Crippen LogP contribution in [-0.2, 0) is 0 Å². The zero-order valence-corrected chi connectivity index (χ0v) is 11.8. The van der Waals surface area contributed by atoms with E-state index in [4.69, 9.17) is 9.84 Å². The molecule has 0 radical (unpaired) electrons. The van der Waals surface area contributed by atoms with Gasteiger partial charge < -0.3 is 9.84 Å². The fourth-order valence-corrected chi connectivity index (χ4v) is 1.97. The summed E-state index contributed by atoms with van der Waals surface area (Å²) >= 11 is 3.12. The van der Waals surface area contributed by atoms with Gasteiger partial charge in [-0.25, -0.2) is 9.18 Å². The maximum absolute atomic E-state index is 13.2. The number of nitrogens with zero attached hydrogens (tertiary/aromatic N) is 1. The van der Waals surface area contributed by atoms with Crippen molar-refractivity contribution >= 4 is 27.6 Å². The Bertz CT molecular complexity index is 734. The van der Waals surface area contributed by atoms with Crippen LogP contribution in [0.25, 0.3) is 0 Å². The van der Waals surface area contributed by atoms with Crippen LogP contribution in [-0.4, -0.2) is 16.0 Å². The van der Waals surface area contributed by atoms with Crippen molar-refractivity contribution in [3.63, 3.8) is 0 Å². The predicted octanol–water partition coefficient (Wildman–Crippen LogP) is 3.99. The Hall–Kier alpha value is -2.48. The summed E-state index contributed by atoms with van der Waals surface area (Å²) in [5, 5.41) is 20.0. The Morgan fingerprint density at radius 1 is 1.29 bits per heavy atom. The Kier molecular flexibility index (Phi) is 4.18. The van der Waals surface area contributed by atoms with E-state index in [0.29, 0.717) is 4.47 Å². The lowest BCUT2D eigenvalue weighted by Crippen LogP contribution is -2.04. The van der Waals surface area contributed by atoms with Gasteiger partial charge in [-0.3, -0.25) is 10.1 Å². The van der Waals surface area contributed by atoms with Crippen LogP contribution in [0.15, 0.2) is 40.9 Å². The van der Waals surface area contributed by atoms with Gasteiger partial charge in [0.15, 0.2) is 0 Å². The van der Waals surface area contributed by atoms with E-state index in [2.05, 4.69) is 15.9 Å². The Morgan fingerprint density at radius 3 is 2.62 bits per heavy atom. The van der Waals surface area contributed by atoms with Gasteiger partial charge in [-0.2, -0.15) is 0 Å². The summed E-state index contributed by atoms with van der Waals surface area (Å²) in [6.45, 7) is 0. The minimum Gasteiger partial charge on any atom is -0.477 e. The Morgan fingerprint density at radius 2 is 2.00 bits per heavy atom. The van der Waals surface area contributed by atoms with E-state index in [-0.39, 0.29) is 11.5 Å². The molecule has 8 heteroatoms. The first-order valence-electron chi connectivity index (χ1n) is 5.53. The largest absolute Gasteiger partial charge is 0.477 e. The number of hydrogen-bond acceptors (Lipinski definition) is 4. The van der Waals surface area contributed by atoms with E-state index < -0.39 is 28.0 Å². The van der Waals surface area contributed by atoms with Gasteiger partial charge in [0.2, 0.25) is 5.75 Å². The fraction of sp³-hybridized carbons (Fsp3) is 0. The van der Waals surface area contributed by atoms with E-state index in [0.717, 1.165) is 12.1 Å². The van der Waals surface area contributed by atoms with Crippen LogP contribution in [0.2, 0.25) is 0 Å². The standard InChI is InChI=1S/C13H7BrFNO5/c14-9-5-4-7(15)6-11(9)21-10-3-1-2-8(13(17)18)12(10)16(19)20/h1-6H,(H,17,18). The molecule has 0 unspecified atom stereocenters. The first-order valence-corrected chi connectivity index (χ1v) is 6.33. The van der Waals surface area contributed by atoms with Gasteiger partial charge in [0.1, 0.15) is 17.1 Å². The number of ether oxygens (including phenoxy) is 1. The van der Waals surface area contributed by atoms with Crippen molar-refractivity contribution in [2.75, 3.05) is 0 Å². The average molecular weight is 356 g/mol. The Labute approximate surface area is 126 Å². The summed E-state index contributed by atoms with van der Waals surface area (Å²) < 4.78 is 18.8. The van der Waals surface area contributed by atoms with Crippen molar-refractivity contribution in [3.05, 3.63) is 62.4 Å². The lowest BCUT2D eigenvalue weighted by atomic mass is 10.1. The number of benzene rings is 2. The van der Waals surface area contributed by atoms with Gasteiger partial charge in [0.05, 0.1) is 9.40 Å². The van der Waals surface area contributed by atoms with Crippen molar-refractivity contribution in [3.8, 4) is 11.5 Å². The molecule has 0 aliphatic heterocycles. The summed E-state index contributed by atoms with van der Waals surface area (Å²) in [7, 11) is 0. The quantitative estimate of drug-likeness (QED) is 0.661. The summed E-state index contributed by atoms with van der Waals surface area (Å²) in [6.07, 6.45) is 0. The molecule has 2 aromatic rings. The third kappa shape index (κ3) is 3.16. The molecule has 108 valence electrons. The molecule has 21 heavy (non-hydrogen) atoms. The third-order valence-corrected chi connectivity index (χ3v) is 3.18. The molecule has 6 nitrogen and oxygen atoms in total. The van der Waals surface area contributed by atoms with Crippen LogP contribution in [0.3, 0.4) is 0 Å².